The molecule has 38 heavy (non-hydrogen) atoms. The molecule has 3 aromatic rings. The quantitative estimate of drug-likeness (QED) is 0.357. The Bertz CT molecular complexity index is 1340. The Morgan fingerprint density at radius 1 is 0.974 bits per heavy atom. The first kappa shape index (κ1) is 26.4. The third-order valence-corrected chi connectivity index (χ3v) is 8.84. The molecule has 3 heterocycles. The van der Waals surface area contributed by atoms with Crippen LogP contribution in [0.3, 0.4) is 0 Å². The number of hydrogen-bond acceptors (Lipinski definition) is 5. The zero-order valence-electron chi connectivity index (χ0n) is 22.2. The van der Waals surface area contributed by atoms with E-state index in [2.05, 4.69) is 101 Å². The van der Waals surface area contributed by atoms with Gasteiger partial charge in [0.15, 0.2) is 0 Å². The standard InChI is InChI=1S/C32H33N3S.CH4O/c1-24(25-10-3-2-4-11-25)29-23-35(28-13-6-5-12-27(29)22-28)19-9-18-34-20-16-26(17-21-34)32-33-30-14-7-8-15-31(30)36-32;1-2/h2-8,10-15,23,26H,1,9,16-22H2;2H,1H3. The van der Waals surface area contributed by atoms with Crippen molar-refractivity contribution in [3.63, 3.8) is 0 Å². The third kappa shape index (κ3) is 5.91. The summed E-state index contributed by atoms with van der Waals surface area (Å²) in [6, 6.07) is 19.1. The Balaban J connectivity index is 0.00000144. The lowest BCUT2D eigenvalue weighted by molar-refractivity contribution is 0.204. The maximum atomic E-state index is 7.00. The molecule has 0 radical (unpaired) electrons. The minimum atomic E-state index is 0.614. The zero-order valence-corrected chi connectivity index (χ0v) is 23.0. The molecule has 2 aliphatic heterocycles. The molecule has 0 atom stereocenters. The number of aromatic nitrogens is 1. The van der Waals surface area contributed by atoms with Crippen molar-refractivity contribution < 1.29 is 5.11 Å². The number of piperidine rings is 1. The van der Waals surface area contributed by atoms with Gasteiger partial charge in [0.1, 0.15) is 0 Å². The lowest BCUT2D eigenvalue weighted by Crippen LogP contribution is -2.35. The molecule has 0 spiro atoms. The fourth-order valence-electron chi connectivity index (χ4n) is 5.56. The number of allylic oxidation sites excluding steroid dienone is 7. The fraction of sp³-hybridized carbons (Fsp3) is 0.303. The first-order chi connectivity index (χ1) is 18.7. The fourth-order valence-corrected chi connectivity index (χ4v) is 6.70. The minimum Gasteiger partial charge on any atom is -0.400 e. The lowest BCUT2D eigenvalue weighted by Gasteiger charge is -2.34. The second kappa shape index (κ2) is 12.5. The summed E-state index contributed by atoms with van der Waals surface area (Å²) < 4.78 is 1.32. The summed E-state index contributed by atoms with van der Waals surface area (Å²) in [6.07, 6.45) is 15.7. The molecule has 1 aromatic heterocycles. The predicted octanol–water partition coefficient (Wildman–Crippen LogP) is 7.16. The molecule has 5 heteroatoms. The Kier molecular flexibility index (Phi) is 8.69. The van der Waals surface area contributed by atoms with Crippen LogP contribution in [-0.4, -0.2) is 53.2 Å². The van der Waals surface area contributed by atoms with E-state index in [1.165, 1.54) is 58.0 Å². The van der Waals surface area contributed by atoms with Crippen molar-refractivity contribution >= 4 is 27.1 Å². The van der Waals surface area contributed by atoms with Crippen LogP contribution in [-0.2, 0) is 0 Å². The normalized spacial score (nSPS) is 17.7. The van der Waals surface area contributed by atoms with Gasteiger partial charge in [0.05, 0.1) is 15.2 Å². The molecule has 1 fully saturated rings. The summed E-state index contributed by atoms with van der Waals surface area (Å²) in [7, 11) is 1.00. The number of benzene rings is 2. The monoisotopic (exact) mass is 523 g/mol. The molecule has 6 rings (SSSR count). The summed E-state index contributed by atoms with van der Waals surface area (Å²) in [4.78, 5) is 10.0. The van der Waals surface area contributed by atoms with Gasteiger partial charge < -0.3 is 14.9 Å². The second-order valence-electron chi connectivity index (χ2n) is 9.98. The molecular formula is C33H37N3OS. The molecule has 1 N–H and O–H groups in total. The molecule has 1 saturated heterocycles. The molecule has 196 valence electrons. The van der Waals surface area contributed by atoms with Gasteiger partial charge in [-0.15, -0.1) is 11.3 Å². The van der Waals surface area contributed by atoms with Gasteiger partial charge in [0.2, 0.25) is 0 Å². The van der Waals surface area contributed by atoms with Crippen LogP contribution in [0.25, 0.3) is 15.8 Å². The third-order valence-electron chi connectivity index (χ3n) is 7.64. The van der Waals surface area contributed by atoms with Crippen LogP contribution in [0.1, 0.15) is 42.2 Å². The summed E-state index contributed by atoms with van der Waals surface area (Å²) in [5, 5.41) is 8.33. The van der Waals surface area contributed by atoms with E-state index in [1.807, 2.05) is 11.3 Å². The molecule has 0 amide bonds. The van der Waals surface area contributed by atoms with E-state index in [0.717, 1.165) is 44.1 Å². The predicted molar refractivity (Wildman–Crippen MR) is 161 cm³/mol. The van der Waals surface area contributed by atoms with Crippen molar-refractivity contribution in [2.45, 2.75) is 31.6 Å². The molecule has 4 nitrogen and oxygen atoms in total. The second-order valence-corrected chi connectivity index (χ2v) is 11.0. The van der Waals surface area contributed by atoms with E-state index < -0.39 is 0 Å². The van der Waals surface area contributed by atoms with Gasteiger partial charge in [-0.05, 0) is 73.8 Å². The summed E-state index contributed by atoms with van der Waals surface area (Å²) in [5.74, 6) is 0.614. The molecule has 3 aliphatic rings. The van der Waals surface area contributed by atoms with E-state index in [1.54, 1.807) is 0 Å². The molecule has 0 unspecified atom stereocenters. The molecular weight excluding hydrogens is 486 g/mol. The van der Waals surface area contributed by atoms with Crippen molar-refractivity contribution in [3.8, 4) is 0 Å². The zero-order chi connectivity index (χ0) is 26.3. The van der Waals surface area contributed by atoms with Crippen LogP contribution in [0.5, 0.6) is 0 Å². The SMILES string of the molecule is C=C(C1=CN(CCCN2CCC(c3nc4ccccc4s3)CC2)C2=CC=CC=C1C2)c1ccccc1.CO. The van der Waals surface area contributed by atoms with Crippen LogP contribution in [0.15, 0.2) is 109 Å². The summed E-state index contributed by atoms with van der Waals surface area (Å²) >= 11 is 1.89. The van der Waals surface area contributed by atoms with E-state index in [9.17, 15) is 0 Å². The van der Waals surface area contributed by atoms with Crippen LogP contribution in [0, 0.1) is 0 Å². The highest BCUT2D eigenvalue weighted by Crippen LogP contribution is 2.38. The van der Waals surface area contributed by atoms with Crippen molar-refractivity contribution in [2.75, 3.05) is 33.3 Å². The van der Waals surface area contributed by atoms with E-state index in [-0.39, 0.29) is 0 Å². The van der Waals surface area contributed by atoms with E-state index >= 15 is 0 Å². The highest BCUT2D eigenvalue weighted by molar-refractivity contribution is 7.18. The number of likely N-dealkylation sites (tertiary alicyclic amines) is 1. The molecule has 1 aliphatic carbocycles. The maximum absolute atomic E-state index is 7.00. The Labute approximate surface area is 230 Å². The number of aliphatic hydroxyl groups is 1. The van der Waals surface area contributed by atoms with Crippen LogP contribution in [0.4, 0.5) is 0 Å². The summed E-state index contributed by atoms with van der Waals surface area (Å²) in [6.45, 7) is 9.00. The van der Waals surface area contributed by atoms with Gasteiger partial charge in [0.25, 0.3) is 0 Å². The number of para-hydroxylation sites is 1. The number of thiazole rings is 1. The van der Waals surface area contributed by atoms with Gasteiger partial charge in [-0.2, -0.15) is 0 Å². The first-order valence-corrected chi connectivity index (χ1v) is 14.4. The number of nitrogens with zero attached hydrogens (tertiary/aromatic N) is 3. The van der Waals surface area contributed by atoms with Gasteiger partial charge in [-0.25, -0.2) is 4.98 Å². The Hall–Kier alpha value is -3.25. The number of fused-ring (bicyclic) bond motifs is 3. The van der Waals surface area contributed by atoms with Crippen molar-refractivity contribution in [3.05, 3.63) is 119 Å². The maximum Gasteiger partial charge on any atom is 0.0970 e. The molecule has 2 aromatic carbocycles. The van der Waals surface area contributed by atoms with Crippen LogP contribution in [0.2, 0.25) is 0 Å². The largest absolute Gasteiger partial charge is 0.400 e. The average Bonchev–Trinajstić information content (AvgIpc) is 3.31. The minimum absolute atomic E-state index is 0.614. The van der Waals surface area contributed by atoms with Gasteiger partial charge in [-0.3, -0.25) is 0 Å². The first-order valence-electron chi connectivity index (χ1n) is 13.6. The van der Waals surface area contributed by atoms with Gasteiger partial charge >= 0.3 is 0 Å². The van der Waals surface area contributed by atoms with Crippen molar-refractivity contribution in [2.24, 2.45) is 0 Å². The van der Waals surface area contributed by atoms with Crippen LogP contribution < -0.4 is 0 Å². The van der Waals surface area contributed by atoms with Crippen LogP contribution >= 0.6 is 11.3 Å². The lowest BCUT2D eigenvalue weighted by atomic mass is 9.89. The number of aliphatic hydroxyl groups excluding tert-OH is 1. The van der Waals surface area contributed by atoms with E-state index in [0.29, 0.717) is 5.92 Å². The van der Waals surface area contributed by atoms with Gasteiger partial charge in [0, 0.05) is 43.5 Å². The summed E-state index contributed by atoms with van der Waals surface area (Å²) in [5.41, 5.74) is 7.47. The smallest absolute Gasteiger partial charge is 0.0970 e. The highest BCUT2D eigenvalue weighted by Gasteiger charge is 2.25. The average molecular weight is 524 g/mol. The van der Waals surface area contributed by atoms with Crippen molar-refractivity contribution in [1.29, 1.82) is 0 Å². The van der Waals surface area contributed by atoms with E-state index in [4.69, 9.17) is 10.1 Å². The Morgan fingerprint density at radius 3 is 2.50 bits per heavy atom. The van der Waals surface area contributed by atoms with Gasteiger partial charge in [-0.1, -0.05) is 67.3 Å². The van der Waals surface area contributed by atoms with Crippen molar-refractivity contribution in [1.82, 2.24) is 14.8 Å². The topological polar surface area (TPSA) is 39.6 Å². The highest BCUT2D eigenvalue weighted by atomic mass is 32.1. The molecule has 2 bridgehead atoms. The number of hydrogen-bond donors (Lipinski definition) is 1. The molecule has 0 saturated carbocycles. The Morgan fingerprint density at radius 2 is 1.71 bits per heavy atom. The number of rotatable bonds is 7.